The van der Waals surface area contributed by atoms with Gasteiger partial charge >= 0.3 is 5.97 Å². The molecule has 1 aliphatic rings. The van der Waals surface area contributed by atoms with Crippen LogP contribution in [0.5, 0.6) is 0 Å². The number of carboxylic acid groups (broad SMARTS) is 1. The van der Waals surface area contributed by atoms with E-state index in [9.17, 15) is 9.90 Å². The molecule has 1 saturated heterocycles. The van der Waals surface area contributed by atoms with Crippen LogP contribution in [-0.4, -0.2) is 53.3 Å². The molecule has 1 fully saturated rings. The molecule has 24 heavy (non-hydrogen) atoms. The Balaban J connectivity index is 1.77. The van der Waals surface area contributed by atoms with Gasteiger partial charge in [0.25, 0.3) is 0 Å². The molecule has 3 rings (SSSR count). The monoisotopic (exact) mass is 329 g/mol. The van der Waals surface area contributed by atoms with Crippen molar-refractivity contribution in [2.24, 2.45) is 0 Å². The van der Waals surface area contributed by atoms with Crippen molar-refractivity contribution >= 4 is 16.9 Å². The summed E-state index contributed by atoms with van der Waals surface area (Å²) in [6.07, 6.45) is 5.41. The molecule has 0 amide bonds. The molecule has 2 N–H and O–H groups in total. The smallest absolute Gasteiger partial charge is 0.335 e. The number of piperazine rings is 1. The highest BCUT2D eigenvalue weighted by Gasteiger charge is 2.13. The number of aromatic nitrogens is 1. The SMILES string of the molecule is CCCn1cc(CCCN2CCNCC2)c2cc(C(=O)O)ccc21. The van der Waals surface area contributed by atoms with Gasteiger partial charge in [0, 0.05) is 49.8 Å². The number of carboxylic acids is 1. The average Bonchev–Trinajstić information content (AvgIpc) is 2.93. The van der Waals surface area contributed by atoms with Crippen LogP contribution in [0.3, 0.4) is 0 Å². The number of benzene rings is 1. The molecule has 1 aromatic heterocycles. The maximum Gasteiger partial charge on any atom is 0.335 e. The van der Waals surface area contributed by atoms with Crippen LogP contribution in [0.15, 0.2) is 24.4 Å². The van der Waals surface area contributed by atoms with E-state index in [0.29, 0.717) is 5.56 Å². The Hall–Kier alpha value is -1.85. The quantitative estimate of drug-likeness (QED) is 0.820. The van der Waals surface area contributed by atoms with Crippen LogP contribution >= 0.6 is 0 Å². The fourth-order valence-corrected chi connectivity index (χ4v) is 3.56. The topological polar surface area (TPSA) is 57.5 Å². The lowest BCUT2D eigenvalue weighted by Gasteiger charge is -2.26. The first-order chi connectivity index (χ1) is 11.7. The Bertz CT molecular complexity index is 702. The van der Waals surface area contributed by atoms with Crippen LogP contribution in [0.1, 0.15) is 35.7 Å². The van der Waals surface area contributed by atoms with E-state index in [2.05, 4.69) is 27.9 Å². The summed E-state index contributed by atoms with van der Waals surface area (Å²) in [6, 6.07) is 5.50. The number of aromatic carboxylic acids is 1. The van der Waals surface area contributed by atoms with Gasteiger partial charge in [-0.2, -0.15) is 0 Å². The third-order valence-corrected chi connectivity index (χ3v) is 4.81. The molecule has 0 spiro atoms. The van der Waals surface area contributed by atoms with Crippen molar-refractivity contribution in [3.05, 3.63) is 35.5 Å². The summed E-state index contributed by atoms with van der Waals surface area (Å²) in [7, 11) is 0. The van der Waals surface area contributed by atoms with Crippen molar-refractivity contribution < 1.29 is 9.90 Å². The molecule has 0 saturated carbocycles. The van der Waals surface area contributed by atoms with Gasteiger partial charge < -0.3 is 19.9 Å². The molecule has 130 valence electrons. The zero-order chi connectivity index (χ0) is 16.9. The second-order valence-electron chi connectivity index (χ2n) is 6.58. The number of nitrogens with zero attached hydrogens (tertiary/aromatic N) is 2. The van der Waals surface area contributed by atoms with E-state index in [1.165, 1.54) is 5.56 Å². The van der Waals surface area contributed by atoms with Crippen LogP contribution in [0, 0.1) is 0 Å². The summed E-state index contributed by atoms with van der Waals surface area (Å²) in [5, 5.41) is 13.8. The molecule has 0 atom stereocenters. The minimum atomic E-state index is -0.855. The van der Waals surface area contributed by atoms with Gasteiger partial charge in [0.15, 0.2) is 0 Å². The van der Waals surface area contributed by atoms with Crippen molar-refractivity contribution in [3.8, 4) is 0 Å². The minimum Gasteiger partial charge on any atom is -0.478 e. The summed E-state index contributed by atoms with van der Waals surface area (Å²) in [5.74, 6) is -0.855. The fraction of sp³-hybridized carbons (Fsp3) is 0.526. The van der Waals surface area contributed by atoms with Crippen molar-refractivity contribution in [2.45, 2.75) is 32.7 Å². The standard InChI is InChI=1S/C19H27N3O2/c1-2-9-22-14-16(4-3-10-21-11-7-20-8-12-21)17-13-15(19(23)24)5-6-18(17)22/h5-6,13-14,20H,2-4,7-12H2,1H3,(H,23,24). The van der Waals surface area contributed by atoms with E-state index in [-0.39, 0.29) is 0 Å². The molecule has 1 aliphatic heterocycles. The van der Waals surface area contributed by atoms with E-state index in [0.717, 1.165) is 69.4 Å². The number of hydrogen-bond acceptors (Lipinski definition) is 3. The largest absolute Gasteiger partial charge is 0.478 e. The minimum absolute atomic E-state index is 0.375. The molecule has 0 bridgehead atoms. The van der Waals surface area contributed by atoms with Gasteiger partial charge in [-0.1, -0.05) is 6.92 Å². The zero-order valence-electron chi connectivity index (χ0n) is 14.4. The maximum atomic E-state index is 11.3. The van der Waals surface area contributed by atoms with Gasteiger partial charge in [-0.05, 0) is 49.6 Å². The molecule has 2 heterocycles. The molecule has 0 radical (unpaired) electrons. The van der Waals surface area contributed by atoms with Gasteiger partial charge in [0.1, 0.15) is 0 Å². The second kappa shape index (κ2) is 7.81. The van der Waals surface area contributed by atoms with Crippen molar-refractivity contribution in [2.75, 3.05) is 32.7 Å². The van der Waals surface area contributed by atoms with Crippen LogP contribution < -0.4 is 5.32 Å². The summed E-state index contributed by atoms with van der Waals surface area (Å²) in [5.41, 5.74) is 2.80. The number of nitrogens with one attached hydrogen (secondary N) is 1. The Labute approximate surface area is 143 Å². The predicted octanol–water partition coefficient (Wildman–Crippen LogP) is 2.59. The number of aryl methyl sites for hydroxylation is 2. The zero-order valence-corrected chi connectivity index (χ0v) is 14.4. The van der Waals surface area contributed by atoms with Gasteiger partial charge in [-0.15, -0.1) is 0 Å². The predicted molar refractivity (Wildman–Crippen MR) is 96.8 cm³/mol. The summed E-state index contributed by atoms with van der Waals surface area (Å²) in [4.78, 5) is 13.8. The number of hydrogen-bond donors (Lipinski definition) is 2. The second-order valence-corrected chi connectivity index (χ2v) is 6.58. The van der Waals surface area contributed by atoms with Crippen molar-refractivity contribution in [1.29, 1.82) is 0 Å². The summed E-state index contributed by atoms with van der Waals surface area (Å²) in [6.45, 7) is 8.67. The Morgan fingerprint density at radius 1 is 1.25 bits per heavy atom. The molecule has 2 aromatic rings. The van der Waals surface area contributed by atoms with E-state index >= 15 is 0 Å². The van der Waals surface area contributed by atoms with E-state index < -0.39 is 5.97 Å². The highest BCUT2D eigenvalue weighted by Crippen LogP contribution is 2.25. The molecule has 1 aromatic carbocycles. The van der Waals surface area contributed by atoms with E-state index in [4.69, 9.17) is 0 Å². The van der Waals surface area contributed by atoms with Gasteiger partial charge in [-0.3, -0.25) is 0 Å². The Morgan fingerprint density at radius 2 is 2.04 bits per heavy atom. The fourth-order valence-electron chi connectivity index (χ4n) is 3.56. The first-order valence-electron chi connectivity index (χ1n) is 8.97. The number of fused-ring (bicyclic) bond motifs is 1. The van der Waals surface area contributed by atoms with Crippen LogP contribution in [-0.2, 0) is 13.0 Å². The van der Waals surface area contributed by atoms with Crippen molar-refractivity contribution in [1.82, 2.24) is 14.8 Å². The molecular weight excluding hydrogens is 302 g/mol. The van der Waals surface area contributed by atoms with Gasteiger partial charge in [-0.25, -0.2) is 4.79 Å². The summed E-state index contributed by atoms with van der Waals surface area (Å²) >= 11 is 0. The van der Waals surface area contributed by atoms with Gasteiger partial charge in [0.2, 0.25) is 0 Å². The highest BCUT2D eigenvalue weighted by atomic mass is 16.4. The molecule has 5 nitrogen and oxygen atoms in total. The first kappa shape index (κ1) is 17.0. The van der Waals surface area contributed by atoms with Crippen molar-refractivity contribution in [3.63, 3.8) is 0 Å². The third kappa shape index (κ3) is 3.79. The van der Waals surface area contributed by atoms with Crippen LogP contribution in [0.4, 0.5) is 0 Å². The Morgan fingerprint density at radius 3 is 2.75 bits per heavy atom. The molecule has 5 heteroatoms. The molecule has 0 aliphatic carbocycles. The summed E-state index contributed by atoms with van der Waals surface area (Å²) < 4.78 is 2.26. The normalized spacial score (nSPS) is 15.9. The molecule has 0 unspecified atom stereocenters. The van der Waals surface area contributed by atoms with Crippen LogP contribution in [0.25, 0.3) is 10.9 Å². The lowest BCUT2D eigenvalue weighted by atomic mass is 10.1. The van der Waals surface area contributed by atoms with Crippen LogP contribution in [0.2, 0.25) is 0 Å². The molecular formula is C19H27N3O2. The lowest BCUT2D eigenvalue weighted by molar-refractivity contribution is 0.0697. The first-order valence-corrected chi connectivity index (χ1v) is 8.97. The number of carbonyl (C=O) groups is 1. The average molecular weight is 329 g/mol. The Kier molecular flexibility index (Phi) is 5.53. The third-order valence-electron chi connectivity index (χ3n) is 4.81. The number of rotatable bonds is 7. The van der Waals surface area contributed by atoms with E-state index in [1.807, 2.05) is 12.1 Å². The van der Waals surface area contributed by atoms with Gasteiger partial charge in [0.05, 0.1) is 5.56 Å². The lowest BCUT2D eigenvalue weighted by Crippen LogP contribution is -2.43. The maximum absolute atomic E-state index is 11.3. The highest BCUT2D eigenvalue weighted by molar-refractivity contribution is 5.95. The van der Waals surface area contributed by atoms with E-state index in [1.54, 1.807) is 6.07 Å².